The highest BCUT2D eigenvalue weighted by molar-refractivity contribution is 6.31. The molecule has 1 heterocycles. The lowest BCUT2D eigenvalue weighted by atomic mass is 10.0. The van der Waals surface area contributed by atoms with Crippen molar-refractivity contribution in [2.24, 2.45) is 5.10 Å². The Kier molecular flexibility index (Phi) is 6.13. The van der Waals surface area contributed by atoms with Crippen LogP contribution in [0, 0.1) is 25.2 Å². The Balaban J connectivity index is 1.72. The minimum Gasteiger partial charge on any atom is -0.507 e. The SMILES string of the molecule is Cc1ccc(-n2nc(C(=O)N/N=C/c3c(O)ccc4ccccc34)c(C)c(C#N)c2=O)cc1Cl. The molecule has 0 aliphatic rings. The molecule has 34 heavy (non-hydrogen) atoms. The number of hydrogen-bond donors (Lipinski definition) is 2. The Morgan fingerprint density at radius 3 is 2.71 bits per heavy atom. The van der Waals surface area contributed by atoms with Crippen LogP contribution in [0.4, 0.5) is 0 Å². The maximum Gasteiger partial charge on any atom is 0.292 e. The molecule has 0 bridgehead atoms. The van der Waals surface area contributed by atoms with Crippen molar-refractivity contribution in [2.75, 3.05) is 0 Å². The number of amides is 1. The molecule has 3 aromatic carbocycles. The second-order valence-electron chi connectivity index (χ2n) is 7.53. The molecule has 0 unspecified atom stereocenters. The molecule has 1 aromatic heterocycles. The van der Waals surface area contributed by atoms with Crippen molar-refractivity contribution in [2.45, 2.75) is 13.8 Å². The molecule has 4 rings (SSSR count). The van der Waals surface area contributed by atoms with Gasteiger partial charge in [-0.3, -0.25) is 9.59 Å². The molecule has 0 aliphatic carbocycles. The van der Waals surface area contributed by atoms with Gasteiger partial charge in [-0.15, -0.1) is 0 Å². The lowest BCUT2D eigenvalue weighted by molar-refractivity contribution is 0.0947. The van der Waals surface area contributed by atoms with Crippen molar-refractivity contribution in [1.82, 2.24) is 15.2 Å². The van der Waals surface area contributed by atoms with Gasteiger partial charge in [0.2, 0.25) is 0 Å². The molecule has 2 N–H and O–H groups in total. The minimum absolute atomic E-state index is 0.00238. The van der Waals surface area contributed by atoms with E-state index in [2.05, 4.69) is 15.6 Å². The maximum absolute atomic E-state index is 12.9. The first-order valence-corrected chi connectivity index (χ1v) is 10.5. The Labute approximate surface area is 199 Å². The molecule has 0 aliphatic heterocycles. The molecule has 168 valence electrons. The van der Waals surface area contributed by atoms with E-state index in [1.165, 1.54) is 19.2 Å². The summed E-state index contributed by atoms with van der Waals surface area (Å²) in [5.41, 5.74) is 3.00. The molecule has 0 saturated heterocycles. The van der Waals surface area contributed by atoms with E-state index in [0.29, 0.717) is 16.3 Å². The van der Waals surface area contributed by atoms with E-state index in [0.717, 1.165) is 21.0 Å². The zero-order chi connectivity index (χ0) is 24.4. The maximum atomic E-state index is 12.9. The highest BCUT2D eigenvalue weighted by atomic mass is 35.5. The zero-order valence-electron chi connectivity index (χ0n) is 18.2. The number of rotatable bonds is 4. The predicted octanol–water partition coefficient (Wildman–Crippen LogP) is 4.00. The highest BCUT2D eigenvalue weighted by Crippen LogP contribution is 2.25. The number of nitrogens with one attached hydrogen (secondary N) is 1. The lowest BCUT2D eigenvalue weighted by Gasteiger charge is -2.11. The Bertz CT molecular complexity index is 1580. The first-order valence-electron chi connectivity index (χ1n) is 10.2. The Morgan fingerprint density at radius 1 is 1.21 bits per heavy atom. The number of aromatic nitrogens is 2. The van der Waals surface area contributed by atoms with Gasteiger partial charge in [0.1, 0.15) is 17.4 Å². The summed E-state index contributed by atoms with van der Waals surface area (Å²) >= 11 is 6.18. The van der Waals surface area contributed by atoms with Gasteiger partial charge in [0, 0.05) is 16.1 Å². The predicted molar refractivity (Wildman–Crippen MR) is 130 cm³/mol. The van der Waals surface area contributed by atoms with E-state index in [4.69, 9.17) is 11.6 Å². The van der Waals surface area contributed by atoms with Crippen molar-refractivity contribution >= 4 is 34.5 Å². The van der Waals surface area contributed by atoms with E-state index in [1.807, 2.05) is 37.3 Å². The number of fused-ring (bicyclic) bond motifs is 1. The third kappa shape index (κ3) is 4.12. The summed E-state index contributed by atoms with van der Waals surface area (Å²) in [6, 6.07) is 17.4. The number of carbonyl (C=O) groups is 1. The summed E-state index contributed by atoms with van der Waals surface area (Å²) in [4.78, 5) is 25.7. The number of hydrogen-bond acceptors (Lipinski definition) is 6. The third-order valence-corrected chi connectivity index (χ3v) is 5.78. The highest BCUT2D eigenvalue weighted by Gasteiger charge is 2.20. The van der Waals surface area contributed by atoms with Crippen LogP contribution in [0.25, 0.3) is 16.5 Å². The largest absolute Gasteiger partial charge is 0.507 e. The van der Waals surface area contributed by atoms with Crippen molar-refractivity contribution in [3.63, 3.8) is 0 Å². The van der Waals surface area contributed by atoms with Crippen LogP contribution in [0.2, 0.25) is 5.02 Å². The molecule has 0 spiro atoms. The van der Waals surface area contributed by atoms with Crippen LogP contribution in [0.3, 0.4) is 0 Å². The fourth-order valence-corrected chi connectivity index (χ4v) is 3.64. The molecular formula is C25H18ClN5O3. The van der Waals surface area contributed by atoms with Gasteiger partial charge in [-0.1, -0.05) is 48.0 Å². The topological polar surface area (TPSA) is 120 Å². The van der Waals surface area contributed by atoms with Crippen LogP contribution < -0.4 is 11.0 Å². The first kappa shape index (κ1) is 22.7. The molecule has 9 heteroatoms. The number of hydrazone groups is 1. The van der Waals surface area contributed by atoms with Gasteiger partial charge in [-0.25, -0.2) is 5.43 Å². The summed E-state index contributed by atoms with van der Waals surface area (Å²) in [6.07, 6.45) is 1.33. The molecular weight excluding hydrogens is 454 g/mol. The average molecular weight is 472 g/mol. The molecule has 0 saturated carbocycles. The Morgan fingerprint density at radius 2 is 1.97 bits per heavy atom. The van der Waals surface area contributed by atoms with E-state index < -0.39 is 11.5 Å². The monoisotopic (exact) mass is 471 g/mol. The average Bonchev–Trinajstić information content (AvgIpc) is 2.82. The number of aryl methyl sites for hydroxylation is 1. The number of benzene rings is 3. The number of phenols is 1. The van der Waals surface area contributed by atoms with E-state index in [1.54, 1.807) is 24.3 Å². The number of halogens is 1. The van der Waals surface area contributed by atoms with Crippen LogP contribution in [0.5, 0.6) is 5.75 Å². The molecule has 0 radical (unpaired) electrons. The second kappa shape index (κ2) is 9.17. The summed E-state index contributed by atoms with van der Waals surface area (Å²) in [6.45, 7) is 3.28. The van der Waals surface area contributed by atoms with E-state index >= 15 is 0 Å². The van der Waals surface area contributed by atoms with Gasteiger partial charge in [0.25, 0.3) is 11.5 Å². The molecule has 8 nitrogen and oxygen atoms in total. The van der Waals surface area contributed by atoms with Gasteiger partial charge in [0.05, 0.1) is 11.9 Å². The van der Waals surface area contributed by atoms with E-state index in [-0.39, 0.29) is 22.6 Å². The first-order chi connectivity index (χ1) is 16.3. The third-order valence-electron chi connectivity index (χ3n) is 5.37. The number of aromatic hydroxyl groups is 1. The van der Waals surface area contributed by atoms with Crippen molar-refractivity contribution < 1.29 is 9.90 Å². The summed E-state index contributed by atoms with van der Waals surface area (Å²) in [5, 5.41) is 30.0. The minimum atomic E-state index is -0.725. The second-order valence-corrected chi connectivity index (χ2v) is 7.94. The van der Waals surface area contributed by atoms with Gasteiger partial charge in [-0.2, -0.15) is 20.1 Å². The van der Waals surface area contributed by atoms with Crippen LogP contribution in [0.1, 0.15) is 32.7 Å². The van der Waals surface area contributed by atoms with Crippen LogP contribution in [-0.4, -0.2) is 27.0 Å². The summed E-state index contributed by atoms with van der Waals surface area (Å²) in [5.74, 6) is -0.723. The smallest absolute Gasteiger partial charge is 0.292 e. The van der Waals surface area contributed by atoms with Crippen LogP contribution in [-0.2, 0) is 0 Å². The number of phenolic OH excluding ortho intramolecular Hbond substituents is 1. The van der Waals surface area contributed by atoms with Crippen LogP contribution >= 0.6 is 11.6 Å². The number of carbonyl (C=O) groups excluding carboxylic acids is 1. The molecule has 1 amide bonds. The summed E-state index contributed by atoms with van der Waals surface area (Å²) < 4.78 is 0.964. The van der Waals surface area contributed by atoms with E-state index in [9.17, 15) is 20.0 Å². The number of nitrogens with zero attached hydrogens (tertiary/aromatic N) is 4. The van der Waals surface area contributed by atoms with Crippen LogP contribution in [0.15, 0.2) is 64.5 Å². The van der Waals surface area contributed by atoms with Gasteiger partial charge < -0.3 is 5.11 Å². The normalized spacial score (nSPS) is 11.0. The van der Waals surface area contributed by atoms with Gasteiger partial charge in [-0.05, 0) is 48.4 Å². The summed E-state index contributed by atoms with van der Waals surface area (Å²) in [7, 11) is 0. The molecule has 0 atom stereocenters. The standard InChI is InChI=1S/C25H18ClN5O3/c1-14-7-9-17(11-21(14)26)31-25(34)19(12-27)15(2)23(30-31)24(33)29-28-13-20-18-6-4-3-5-16(18)8-10-22(20)32/h3-11,13,32H,1-2H3,(H,29,33)/b28-13+. The van der Waals surface area contributed by atoms with Crippen molar-refractivity contribution in [3.05, 3.63) is 97.9 Å². The molecule has 0 fully saturated rings. The number of nitriles is 1. The fraction of sp³-hybridized carbons (Fsp3) is 0.0800. The van der Waals surface area contributed by atoms with Gasteiger partial charge in [0.15, 0.2) is 5.69 Å². The Hall–Kier alpha value is -4.48. The fourth-order valence-electron chi connectivity index (χ4n) is 3.47. The van der Waals surface area contributed by atoms with Crippen molar-refractivity contribution in [3.8, 4) is 17.5 Å². The van der Waals surface area contributed by atoms with Gasteiger partial charge >= 0.3 is 0 Å². The lowest BCUT2D eigenvalue weighted by Crippen LogP contribution is -2.31. The van der Waals surface area contributed by atoms with Crippen molar-refractivity contribution in [1.29, 1.82) is 5.26 Å². The zero-order valence-corrected chi connectivity index (χ0v) is 19.0. The molecule has 4 aromatic rings. The quantitative estimate of drug-likeness (QED) is 0.344.